The summed E-state index contributed by atoms with van der Waals surface area (Å²) < 4.78 is 0. The Hall–Kier alpha value is -1.51. The van der Waals surface area contributed by atoms with E-state index in [-0.39, 0.29) is 5.84 Å². The van der Waals surface area contributed by atoms with Crippen LogP contribution in [-0.2, 0) is 0 Å². The lowest BCUT2D eigenvalue weighted by Crippen LogP contribution is -2.29. The highest BCUT2D eigenvalue weighted by Gasteiger charge is 2.28. The van der Waals surface area contributed by atoms with Gasteiger partial charge in [-0.15, -0.1) is 0 Å². The summed E-state index contributed by atoms with van der Waals surface area (Å²) in [6.07, 6.45) is 1.21. The summed E-state index contributed by atoms with van der Waals surface area (Å²) >= 11 is 0. The van der Waals surface area contributed by atoms with Crippen LogP contribution in [0, 0.1) is 18.3 Å². The van der Waals surface area contributed by atoms with E-state index in [9.17, 15) is 0 Å². The molecule has 17 heavy (non-hydrogen) atoms. The number of hydrogen-bond donors (Lipinski definition) is 2. The molecule has 3 nitrogen and oxygen atoms in total. The number of anilines is 1. The van der Waals surface area contributed by atoms with Crippen LogP contribution in [0.2, 0.25) is 0 Å². The normalized spacial score (nSPS) is 24.1. The second-order valence-electron chi connectivity index (χ2n) is 5.28. The summed E-state index contributed by atoms with van der Waals surface area (Å²) in [7, 11) is 0. The van der Waals surface area contributed by atoms with Gasteiger partial charge in [-0.1, -0.05) is 13.0 Å². The van der Waals surface area contributed by atoms with Gasteiger partial charge in [0.05, 0.1) is 0 Å². The number of nitrogens with two attached hydrogens (primary N) is 1. The minimum atomic E-state index is 0.159. The van der Waals surface area contributed by atoms with E-state index in [0.717, 1.165) is 17.8 Å². The van der Waals surface area contributed by atoms with Crippen LogP contribution in [0.25, 0.3) is 0 Å². The van der Waals surface area contributed by atoms with Crippen LogP contribution in [0.3, 0.4) is 0 Å². The predicted molar refractivity (Wildman–Crippen MR) is 72.8 cm³/mol. The Bertz CT molecular complexity index is 439. The summed E-state index contributed by atoms with van der Waals surface area (Å²) in [5.74, 6) is 0.872. The molecule has 2 rings (SSSR count). The molecule has 0 aliphatic carbocycles. The lowest BCUT2D eigenvalue weighted by atomic mass is 10.1. The van der Waals surface area contributed by atoms with E-state index in [4.69, 9.17) is 11.1 Å². The smallest absolute Gasteiger partial charge is 0.124 e. The van der Waals surface area contributed by atoms with Gasteiger partial charge in [0.15, 0.2) is 0 Å². The van der Waals surface area contributed by atoms with Crippen molar-refractivity contribution in [3.8, 4) is 0 Å². The second kappa shape index (κ2) is 4.40. The Kier molecular flexibility index (Phi) is 3.09. The van der Waals surface area contributed by atoms with Gasteiger partial charge in [-0.05, 0) is 43.9 Å². The average molecular weight is 231 g/mol. The van der Waals surface area contributed by atoms with E-state index in [1.807, 2.05) is 12.1 Å². The van der Waals surface area contributed by atoms with Crippen LogP contribution in [-0.4, -0.2) is 18.4 Å². The number of amidine groups is 1. The molecule has 0 spiro atoms. The second-order valence-corrected chi connectivity index (χ2v) is 5.28. The number of nitrogens with one attached hydrogen (secondary N) is 1. The summed E-state index contributed by atoms with van der Waals surface area (Å²) in [6, 6.07) is 6.66. The fourth-order valence-corrected chi connectivity index (χ4v) is 2.74. The molecule has 1 aliphatic rings. The van der Waals surface area contributed by atoms with Crippen molar-refractivity contribution in [3.05, 3.63) is 29.3 Å². The first-order chi connectivity index (χ1) is 7.99. The molecule has 1 aromatic carbocycles. The van der Waals surface area contributed by atoms with Crippen LogP contribution < -0.4 is 10.6 Å². The third-order valence-electron chi connectivity index (χ3n) is 3.54. The van der Waals surface area contributed by atoms with E-state index >= 15 is 0 Å². The molecule has 1 fully saturated rings. The van der Waals surface area contributed by atoms with Gasteiger partial charge in [0, 0.05) is 23.8 Å². The zero-order valence-corrected chi connectivity index (χ0v) is 10.8. The molecule has 0 radical (unpaired) electrons. The standard InChI is InChI=1S/C14H21N3/c1-9-4-5-12(14(15)16)13(7-9)17-8-10(2)6-11(17)3/h4-5,7,10-11H,6,8H2,1-3H3,(H3,15,16). The van der Waals surface area contributed by atoms with Crippen LogP contribution in [0.5, 0.6) is 0 Å². The Morgan fingerprint density at radius 3 is 2.65 bits per heavy atom. The Balaban J connectivity index is 2.43. The Morgan fingerprint density at radius 1 is 1.41 bits per heavy atom. The van der Waals surface area contributed by atoms with Crippen LogP contribution in [0.15, 0.2) is 18.2 Å². The molecule has 2 unspecified atom stereocenters. The molecule has 92 valence electrons. The van der Waals surface area contributed by atoms with Gasteiger partial charge in [-0.3, -0.25) is 5.41 Å². The topological polar surface area (TPSA) is 53.1 Å². The third kappa shape index (κ3) is 2.28. The predicted octanol–water partition coefficient (Wildman–Crippen LogP) is 2.51. The van der Waals surface area contributed by atoms with Crippen LogP contribution in [0.4, 0.5) is 5.69 Å². The highest BCUT2D eigenvalue weighted by atomic mass is 15.2. The SMILES string of the molecule is Cc1ccc(C(=N)N)c(N2CC(C)CC2C)c1. The first-order valence-corrected chi connectivity index (χ1v) is 6.20. The molecular weight excluding hydrogens is 210 g/mol. The molecule has 0 bridgehead atoms. The minimum Gasteiger partial charge on any atom is -0.384 e. The first kappa shape index (κ1) is 12.0. The number of benzene rings is 1. The van der Waals surface area contributed by atoms with Gasteiger partial charge < -0.3 is 10.6 Å². The largest absolute Gasteiger partial charge is 0.384 e. The first-order valence-electron chi connectivity index (χ1n) is 6.20. The van der Waals surface area contributed by atoms with Crippen molar-refractivity contribution in [2.45, 2.75) is 33.2 Å². The molecule has 1 heterocycles. The van der Waals surface area contributed by atoms with Crippen molar-refractivity contribution >= 4 is 11.5 Å². The third-order valence-corrected chi connectivity index (χ3v) is 3.54. The lowest BCUT2D eigenvalue weighted by molar-refractivity contribution is 0.625. The number of aryl methyl sites for hydroxylation is 1. The Morgan fingerprint density at radius 2 is 2.12 bits per heavy atom. The summed E-state index contributed by atoms with van der Waals surface area (Å²) in [4.78, 5) is 2.38. The van der Waals surface area contributed by atoms with E-state index in [1.54, 1.807) is 0 Å². The monoisotopic (exact) mass is 231 g/mol. The summed E-state index contributed by atoms with van der Waals surface area (Å²) in [6.45, 7) is 7.66. The summed E-state index contributed by atoms with van der Waals surface area (Å²) in [5.41, 5.74) is 8.87. The van der Waals surface area contributed by atoms with Gasteiger partial charge in [0.1, 0.15) is 5.84 Å². The molecule has 1 aromatic rings. The molecule has 1 saturated heterocycles. The van der Waals surface area contributed by atoms with Crippen molar-refractivity contribution in [2.75, 3.05) is 11.4 Å². The molecule has 0 saturated carbocycles. The number of hydrogen-bond acceptors (Lipinski definition) is 2. The molecule has 0 amide bonds. The molecule has 0 aromatic heterocycles. The van der Waals surface area contributed by atoms with E-state index in [2.05, 4.69) is 31.7 Å². The fourth-order valence-electron chi connectivity index (χ4n) is 2.74. The number of nitrogen functional groups attached to an aromatic ring is 1. The zero-order valence-electron chi connectivity index (χ0n) is 10.8. The maximum Gasteiger partial charge on any atom is 0.124 e. The lowest BCUT2D eigenvalue weighted by Gasteiger charge is -2.26. The summed E-state index contributed by atoms with van der Waals surface area (Å²) in [5, 5.41) is 7.68. The van der Waals surface area contributed by atoms with Crippen molar-refractivity contribution in [1.29, 1.82) is 5.41 Å². The van der Waals surface area contributed by atoms with Crippen molar-refractivity contribution in [3.63, 3.8) is 0 Å². The van der Waals surface area contributed by atoms with E-state index in [0.29, 0.717) is 12.0 Å². The fraction of sp³-hybridized carbons (Fsp3) is 0.500. The van der Waals surface area contributed by atoms with Gasteiger partial charge in [0.2, 0.25) is 0 Å². The van der Waals surface area contributed by atoms with Crippen molar-refractivity contribution in [1.82, 2.24) is 0 Å². The van der Waals surface area contributed by atoms with Crippen molar-refractivity contribution in [2.24, 2.45) is 11.7 Å². The van der Waals surface area contributed by atoms with Gasteiger partial charge in [-0.25, -0.2) is 0 Å². The average Bonchev–Trinajstić information content (AvgIpc) is 2.57. The van der Waals surface area contributed by atoms with Gasteiger partial charge in [0.25, 0.3) is 0 Å². The highest BCUT2D eigenvalue weighted by Crippen LogP contribution is 2.31. The van der Waals surface area contributed by atoms with Gasteiger partial charge in [-0.2, -0.15) is 0 Å². The molecule has 2 atom stereocenters. The maximum atomic E-state index is 7.68. The number of rotatable bonds is 2. The minimum absolute atomic E-state index is 0.159. The molecule has 3 heteroatoms. The zero-order chi connectivity index (χ0) is 12.6. The Labute approximate surface area is 103 Å². The maximum absolute atomic E-state index is 7.68. The number of nitrogens with zero attached hydrogens (tertiary/aromatic N) is 1. The van der Waals surface area contributed by atoms with E-state index in [1.165, 1.54) is 12.0 Å². The highest BCUT2D eigenvalue weighted by molar-refractivity contribution is 6.00. The van der Waals surface area contributed by atoms with Crippen LogP contribution >= 0.6 is 0 Å². The van der Waals surface area contributed by atoms with Gasteiger partial charge >= 0.3 is 0 Å². The van der Waals surface area contributed by atoms with Crippen LogP contribution in [0.1, 0.15) is 31.4 Å². The van der Waals surface area contributed by atoms with E-state index < -0.39 is 0 Å². The quantitative estimate of drug-likeness (QED) is 0.607. The molecular formula is C14H21N3. The molecule has 1 aliphatic heterocycles. The molecule has 3 N–H and O–H groups in total. The van der Waals surface area contributed by atoms with Crippen molar-refractivity contribution < 1.29 is 0 Å².